The Hall–Kier alpha value is -1.99. The van der Waals surface area contributed by atoms with E-state index in [1.54, 1.807) is 5.32 Å². The zero-order valence-electron chi connectivity index (χ0n) is 6.71. The van der Waals surface area contributed by atoms with Crippen molar-refractivity contribution < 1.29 is 8.78 Å². The standard InChI is InChI=1S/C6H5F2N5O/c7-5(8)13-6-11-3-2(4(14)12-6)9-1-10-3/h1,5H,(H3,9,10,11,12,13,14). The Labute approximate surface area is 75.4 Å². The van der Waals surface area contributed by atoms with E-state index < -0.39 is 12.1 Å². The van der Waals surface area contributed by atoms with E-state index in [-0.39, 0.29) is 17.1 Å². The summed E-state index contributed by atoms with van der Waals surface area (Å²) in [4.78, 5) is 23.2. The Bertz CT molecular complexity index is 504. The predicted octanol–water partition coefficient (Wildman–Crippen LogP) is 0.281. The fraction of sp³-hybridized carbons (Fsp3) is 0.167. The number of hydrogen-bond acceptors (Lipinski definition) is 4. The SMILES string of the molecule is O=c1[nH]c(NC(F)F)nc2nc[nH]c12. The van der Waals surface area contributed by atoms with Crippen molar-refractivity contribution in [2.45, 2.75) is 6.55 Å². The Balaban J connectivity index is 2.53. The van der Waals surface area contributed by atoms with Gasteiger partial charge in [-0.1, -0.05) is 0 Å². The molecule has 0 unspecified atom stereocenters. The van der Waals surface area contributed by atoms with Crippen LogP contribution in [0.1, 0.15) is 0 Å². The lowest BCUT2D eigenvalue weighted by molar-refractivity contribution is 0.180. The highest BCUT2D eigenvalue weighted by atomic mass is 19.3. The van der Waals surface area contributed by atoms with Crippen molar-refractivity contribution in [3.63, 3.8) is 0 Å². The van der Waals surface area contributed by atoms with Crippen molar-refractivity contribution in [2.24, 2.45) is 0 Å². The second-order valence-electron chi connectivity index (χ2n) is 2.46. The lowest BCUT2D eigenvalue weighted by atomic mass is 10.5. The van der Waals surface area contributed by atoms with Gasteiger partial charge in [0.25, 0.3) is 5.56 Å². The van der Waals surface area contributed by atoms with Crippen LogP contribution in [0.3, 0.4) is 0 Å². The number of nitrogens with zero attached hydrogens (tertiary/aromatic N) is 2. The molecule has 0 aromatic carbocycles. The molecule has 2 aromatic heterocycles. The van der Waals surface area contributed by atoms with Gasteiger partial charge >= 0.3 is 6.55 Å². The number of imidazole rings is 1. The molecule has 0 aliphatic rings. The Morgan fingerprint density at radius 2 is 2.29 bits per heavy atom. The minimum absolute atomic E-state index is 0.0944. The first kappa shape index (κ1) is 8.60. The molecule has 6 nitrogen and oxygen atoms in total. The number of alkyl halides is 2. The number of hydrogen-bond donors (Lipinski definition) is 3. The van der Waals surface area contributed by atoms with Gasteiger partial charge in [-0.05, 0) is 0 Å². The first-order chi connectivity index (χ1) is 6.66. The molecule has 74 valence electrons. The molecule has 2 rings (SSSR count). The lowest BCUT2D eigenvalue weighted by Gasteiger charge is -2.01. The Kier molecular flexibility index (Phi) is 1.88. The fourth-order valence-corrected chi connectivity index (χ4v) is 1.01. The molecular formula is C6H5F2N5O. The summed E-state index contributed by atoms with van der Waals surface area (Å²) in [5.41, 5.74) is -0.294. The average molecular weight is 201 g/mol. The van der Waals surface area contributed by atoms with Crippen molar-refractivity contribution >= 4 is 17.1 Å². The van der Waals surface area contributed by atoms with Gasteiger partial charge in [0.2, 0.25) is 5.95 Å². The molecule has 0 radical (unpaired) electrons. The maximum atomic E-state index is 11.9. The maximum absolute atomic E-state index is 11.9. The van der Waals surface area contributed by atoms with Crippen LogP contribution in [-0.4, -0.2) is 26.5 Å². The van der Waals surface area contributed by atoms with Gasteiger partial charge < -0.3 is 4.98 Å². The molecule has 0 fully saturated rings. The lowest BCUT2D eigenvalue weighted by Crippen LogP contribution is -2.16. The minimum Gasteiger partial charge on any atom is -0.339 e. The van der Waals surface area contributed by atoms with Crippen LogP contribution in [-0.2, 0) is 0 Å². The van der Waals surface area contributed by atoms with Gasteiger partial charge in [-0.25, -0.2) is 4.98 Å². The molecule has 0 amide bonds. The Morgan fingerprint density at radius 1 is 1.50 bits per heavy atom. The van der Waals surface area contributed by atoms with Gasteiger partial charge in [-0.3, -0.25) is 15.1 Å². The van der Waals surface area contributed by atoms with Crippen LogP contribution in [0.2, 0.25) is 0 Å². The summed E-state index contributed by atoms with van der Waals surface area (Å²) < 4.78 is 23.8. The maximum Gasteiger partial charge on any atom is 0.315 e. The van der Waals surface area contributed by atoms with Crippen LogP contribution in [0.25, 0.3) is 11.2 Å². The van der Waals surface area contributed by atoms with E-state index in [0.29, 0.717) is 0 Å². The van der Waals surface area contributed by atoms with Crippen molar-refractivity contribution in [1.82, 2.24) is 19.9 Å². The largest absolute Gasteiger partial charge is 0.339 e. The van der Waals surface area contributed by atoms with E-state index in [1.807, 2.05) is 0 Å². The van der Waals surface area contributed by atoms with Gasteiger partial charge in [0.05, 0.1) is 6.33 Å². The summed E-state index contributed by atoms with van der Waals surface area (Å²) in [6.07, 6.45) is 1.26. The van der Waals surface area contributed by atoms with Gasteiger partial charge in [-0.2, -0.15) is 13.8 Å². The summed E-state index contributed by atoms with van der Waals surface area (Å²) in [6.45, 7) is -2.78. The minimum atomic E-state index is -2.78. The second kappa shape index (κ2) is 3.05. The van der Waals surface area contributed by atoms with Crippen LogP contribution in [0.15, 0.2) is 11.1 Å². The highest BCUT2D eigenvalue weighted by molar-refractivity contribution is 5.69. The van der Waals surface area contributed by atoms with Crippen molar-refractivity contribution in [2.75, 3.05) is 5.32 Å². The first-order valence-electron chi connectivity index (χ1n) is 3.65. The van der Waals surface area contributed by atoms with Crippen LogP contribution in [0, 0.1) is 0 Å². The fourth-order valence-electron chi connectivity index (χ4n) is 1.01. The highest BCUT2D eigenvalue weighted by Crippen LogP contribution is 2.04. The zero-order chi connectivity index (χ0) is 10.1. The van der Waals surface area contributed by atoms with Crippen molar-refractivity contribution in [1.29, 1.82) is 0 Å². The number of H-pyrrole nitrogens is 2. The normalized spacial score (nSPS) is 11.1. The molecule has 0 bridgehead atoms. The van der Waals surface area contributed by atoms with Crippen LogP contribution >= 0.6 is 0 Å². The van der Waals surface area contributed by atoms with E-state index in [4.69, 9.17) is 0 Å². The van der Waals surface area contributed by atoms with Crippen molar-refractivity contribution in [3.8, 4) is 0 Å². The van der Waals surface area contributed by atoms with Gasteiger partial charge in [0.15, 0.2) is 11.2 Å². The topological polar surface area (TPSA) is 86.5 Å². The van der Waals surface area contributed by atoms with E-state index >= 15 is 0 Å². The van der Waals surface area contributed by atoms with Crippen LogP contribution < -0.4 is 10.9 Å². The number of rotatable bonds is 2. The quantitative estimate of drug-likeness (QED) is 0.609. The van der Waals surface area contributed by atoms with Crippen LogP contribution in [0.4, 0.5) is 14.7 Å². The number of aromatic nitrogens is 4. The molecule has 0 atom stereocenters. The van der Waals surface area contributed by atoms with Gasteiger partial charge in [0, 0.05) is 0 Å². The summed E-state index contributed by atoms with van der Waals surface area (Å²) in [5.74, 6) is -0.301. The number of halogens is 2. The van der Waals surface area contributed by atoms with E-state index in [2.05, 4.69) is 19.9 Å². The van der Waals surface area contributed by atoms with Crippen LogP contribution in [0.5, 0.6) is 0 Å². The number of fused-ring (bicyclic) bond motifs is 1. The van der Waals surface area contributed by atoms with Crippen molar-refractivity contribution in [3.05, 3.63) is 16.7 Å². The number of anilines is 1. The van der Waals surface area contributed by atoms with E-state index in [1.165, 1.54) is 6.33 Å². The molecular weight excluding hydrogens is 196 g/mol. The average Bonchev–Trinajstić information content (AvgIpc) is 2.50. The zero-order valence-corrected chi connectivity index (χ0v) is 6.71. The summed E-state index contributed by atoms with van der Waals surface area (Å²) in [7, 11) is 0. The number of nitrogens with one attached hydrogen (secondary N) is 3. The first-order valence-corrected chi connectivity index (χ1v) is 3.65. The Morgan fingerprint density at radius 3 is 3.00 bits per heavy atom. The molecule has 14 heavy (non-hydrogen) atoms. The third-order valence-electron chi connectivity index (χ3n) is 1.54. The molecule has 0 aliphatic heterocycles. The van der Waals surface area contributed by atoms with E-state index in [9.17, 15) is 13.6 Å². The molecule has 2 aromatic rings. The summed E-state index contributed by atoms with van der Waals surface area (Å²) >= 11 is 0. The highest BCUT2D eigenvalue weighted by Gasteiger charge is 2.08. The smallest absolute Gasteiger partial charge is 0.315 e. The van der Waals surface area contributed by atoms with E-state index in [0.717, 1.165) is 0 Å². The second-order valence-corrected chi connectivity index (χ2v) is 2.46. The molecule has 0 aliphatic carbocycles. The summed E-state index contributed by atoms with van der Waals surface area (Å²) in [6, 6.07) is 0. The molecule has 2 heterocycles. The molecule has 8 heteroatoms. The summed E-state index contributed by atoms with van der Waals surface area (Å²) in [5, 5.41) is 1.67. The third kappa shape index (κ3) is 1.41. The van der Waals surface area contributed by atoms with Gasteiger partial charge in [0.1, 0.15) is 0 Å². The molecule has 0 saturated carbocycles. The van der Waals surface area contributed by atoms with Gasteiger partial charge in [-0.15, -0.1) is 0 Å². The third-order valence-corrected chi connectivity index (χ3v) is 1.54. The monoisotopic (exact) mass is 201 g/mol. The molecule has 0 spiro atoms. The predicted molar refractivity (Wildman–Crippen MR) is 44.1 cm³/mol. The molecule has 0 saturated heterocycles. The molecule has 3 N–H and O–H groups in total. The number of aromatic amines is 2.